The van der Waals surface area contributed by atoms with Crippen LogP contribution in [-0.2, 0) is 13.2 Å². The van der Waals surface area contributed by atoms with Crippen LogP contribution in [-0.4, -0.2) is 14.8 Å². The number of nitrogens with one attached hydrogen (secondary N) is 1. The molecule has 1 N–H and O–H groups in total. The normalized spacial score (nSPS) is 10.9. The molecule has 5 nitrogen and oxygen atoms in total. The third kappa shape index (κ3) is 3.82. The van der Waals surface area contributed by atoms with Gasteiger partial charge in [-0.25, -0.2) is 4.39 Å². The molecule has 0 aliphatic rings. The van der Waals surface area contributed by atoms with Crippen molar-refractivity contribution in [3.8, 4) is 5.75 Å². The van der Waals surface area contributed by atoms with Gasteiger partial charge < -0.3 is 9.30 Å². The summed E-state index contributed by atoms with van der Waals surface area (Å²) in [6, 6.07) is 8.17. The van der Waals surface area contributed by atoms with Gasteiger partial charge in [-0.2, -0.15) is 5.10 Å². The minimum Gasteiger partial charge on any atom is -0.487 e. The highest BCUT2D eigenvalue weighted by molar-refractivity contribution is 9.10. The Morgan fingerprint density at radius 2 is 2.08 bits per heavy atom. The maximum Gasteiger partial charge on any atom is 0.269 e. The maximum absolute atomic E-state index is 13.2. The summed E-state index contributed by atoms with van der Waals surface area (Å²) in [7, 11) is 0. The lowest BCUT2D eigenvalue weighted by atomic mass is 10.1. The van der Waals surface area contributed by atoms with Gasteiger partial charge in [0.2, 0.25) is 0 Å². The van der Waals surface area contributed by atoms with Crippen molar-refractivity contribution in [1.82, 2.24) is 14.8 Å². The predicted molar refractivity (Wildman–Crippen MR) is 96.3 cm³/mol. The predicted octanol–water partition coefficient (Wildman–Crippen LogP) is 3.72. The molecule has 0 atom stereocenters. The minimum absolute atomic E-state index is 0.180. The van der Waals surface area contributed by atoms with E-state index in [2.05, 4.69) is 26.1 Å². The van der Waals surface area contributed by atoms with Crippen LogP contribution in [0.4, 0.5) is 4.39 Å². The molecule has 0 fully saturated rings. The topological polar surface area (TPSA) is 59.9 Å². The fraction of sp³-hybridized carbons (Fsp3) is 0.222. The summed E-state index contributed by atoms with van der Waals surface area (Å²) in [6.07, 6.45) is 1.65. The zero-order valence-corrected chi connectivity index (χ0v) is 15.4. The first-order valence-electron chi connectivity index (χ1n) is 7.71. The van der Waals surface area contributed by atoms with Crippen molar-refractivity contribution in [2.45, 2.75) is 27.0 Å². The molecule has 7 heteroatoms. The van der Waals surface area contributed by atoms with E-state index < -0.39 is 0 Å². The Balaban J connectivity index is 1.84. The first kappa shape index (κ1) is 17.4. The molecule has 25 heavy (non-hydrogen) atoms. The highest BCUT2D eigenvalue weighted by Gasteiger charge is 2.13. The van der Waals surface area contributed by atoms with Crippen LogP contribution in [0.5, 0.6) is 5.75 Å². The Labute approximate surface area is 152 Å². The molecule has 0 saturated heterocycles. The van der Waals surface area contributed by atoms with Gasteiger partial charge in [0.1, 0.15) is 22.6 Å². The van der Waals surface area contributed by atoms with Crippen molar-refractivity contribution in [1.29, 1.82) is 0 Å². The number of aromatic nitrogens is 3. The molecule has 0 amide bonds. The lowest BCUT2D eigenvalue weighted by Gasteiger charge is -2.14. The molecule has 0 radical (unpaired) electrons. The Kier molecular flexibility index (Phi) is 5.03. The number of ether oxygens (including phenoxy) is 1. The van der Waals surface area contributed by atoms with Crippen LogP contribution in [0.1, 0.15) is 22.5 Å². The summed E-state index contributed by atoms with van der Waals surface area (Å²) < 4.78 is 21.0. The lowest BCUT2D eigenvalue weighted by Crippen LogP contribution is -2.24. The number of aromatic amines is 1. The Morgan fingerprint density at radius 3 is 2.76 bits per heavy atom. The molecule has 0 saturated carbocycles. The van der Waals surface area contributed by atoms with E-state index in [1.54, 1.807) is 22.9 Å². The molecule has 0 bridgehead atoms. The van der Waals surface area contributed by atoms with Gasteiger partial charge in [-0.05, 0) is 59.1 Å². The highest BCUT2D eigenvalue weighted by atomic mass is 79.9. The molecule has 1 aromatic carbocycles. The second-order valence-electron chi connectivity index (χ2n) is 5.80. The number of rotatable bonds is 5. The number of halogens is 2. The van der Waals surface area contributed by atoms with Gasteiger partial charge in [0.05, 0.1) is 12.2 Å². The molecule has 0 spiro atoms. The van der Waals surface area contributed by atoms with Gasteiger partial charge >= 0.3 is 0 Å². The number of hydrogen-bond acceptors (Lipinski definition) is 3. The van der Waals surface area contributed by atoms with Crippen molar-refractivity contribution in [3.63, 3.8) is 0 Å². The number of aryl methyl sites for hydroxylation is 2. The van der Waals surface area contributed by atoms with Crippen molar-refractivity contribution in [2.75, 3.05) is 0 Å². The largest absolute Gasteiger partial charge is 0.487 e. The summed E-state index contributed by atoms with van der Waals surface area (Å²) in [5.41, 5.74) is 3.11. The monoisotopic (exact) mass is 405 g/mol. The molecule has 2 heterocycles. The number of nitrogens with zero attached hydrogens (tertiary/aromatic N) is 2. The van der Waals surface area contributed by atoms with Gasteiger partial charge in [0, 0.05) is 18.0 Å². The van der Waals surface area contributed by atoms with Gasteiger partial charge in [-0.1, -0.05) is 6.07 Å². The first-order valence-corrected chi connectivity index (χ1v) is 8.51. The average molecular weight is 406 g/mol. The van der Waals surface area contributed by atoms with Crippen LogP contribution in [0.3, 0.4) is 0 Å². The summed E-state index contributed by atoms with van der Waals surface area (Å²) in [5.74, 6) is 0.187. The molecule has 3 aromatic rings. The lowest BCUT2D eigenvalue weighted by molar-refractivity contribution is 0.301. The number of H-pyrrole nitrogens is 1. The molecule has 130 valence electrons. The van der Waals surface area contributed by atoms with E-state index in [4.69, 9.17) is 4.74 Å². The van der Waals surface area contributed by atoms with Gasteiger partial charge in [-0.15, -0.1) is 0 Å². The fourth-order valence-corrected chi connectivity index (χ4v) is 2.98. The summed E-state index contributed by atoms with van der Waals surface area (Å²) in [4.78, 5) is 12.6. The molecular weight excluding hydrogens is 389 g/mol. The van der Waals surface area contributed by atoms with Crippen LogP contribution in [0.15, 0.2) is 45.8 Å². The van der Waals surface area contributed by atoms with Crippen molar-refractivity contribution in [3.05, 3.63) is 79.7 Å². The van der Waals surface area contributed by atoms with Crippen molar-refractivity contribution in [2.24, 2.45) is 0 Å². The Morgan fingerprint density at radius 1 is 1.28 bits per heavy atom. The summed E-state index contributed by atoms with van der Waals surface area (Å²) in [5, 5.41) is 6.74. The van der Waals surface area contributed by atoms with Crippen LogP contribution < -0.4 is 10.3 Å². The van der Waals surface area contributed by atoms with Crippen LogP contribution >= 0.6 is 15.9 Å². The van der Waals surface area contributed by atoms with Crippen LogP contribution in [0.25, 0.3) is 0 Å². The smallest absolute Gasteiger partial charge is 0.269 e. The quantitative estimate of drug-likeness (QED) is 0.703. The first-order chi connectivity index (χ1) is 12.0. The molecule has 0 aliphatic heterocycles. The van der Waals surface area contributed by atoms with Gasteiger partial charge in [-0.3, -0.25) is 9.89 Å². The summed E-state index contributed by atoms with van der Waals surface area (Å²) in [6.45, 7) is 4.33. The standard InChI is InChI=1S/C18H17BrFN3O2/c1-11-7-14(20)4-3-13(11)10-25-16-8-12(2)23(18(24)17(16)19)9-15-5-6-21-22-15/h3-8H,9-10H2,1-2H3,(H,21,22). The minimum atomic E-state index is -0.278. The van der Waals surface area contributed by atoms with Crippen molar-refractivity contribution < 1.29 is 9.13 Å². The molecule has 0 unspecified atom stereocenters. The SMILES string of the molecule is Cc1cc(F)ccc1COc1cc(C)n(Cc2ccn[nH]2)c(=O)c1Br. The molecule has 3 rings (SSSR count). The van der Waals surface area contributed by atoms with Crippen LogP contribution in [0.2, 0.25) is 0 Å². The zero-order valence-electron chi connectivity index (χ0n) is 13.8. The van der Waals surface area contributed by atoms with E-state index in [1.807, 2.05) is 19.9 Å². The number of pyridine rings is 1. The zero-order chi connectivity index (χ0) is 18.0. The highest BCUT2D eigenvalue weighted by Crippen LogP contribution is 2.24. The second kappa shape index (κ2) is 7.23. The number of benzene rings is 1. The number of hydrogen-bond donors (Lipinski definition) is 1. The molecule has 0 aliphatic carbocycles. The average Bonchev–Trinajstić information content (AvgIpc) is 3.08. The second-order valence-corrected chi connectivity index (χ2v) is 6.59. The van der Waals surface area contributed by atoms with E-state index >= 15 is 0 Å². The van der Waals surface area contributed by atoms with E-state index in [-0.39, 0.29) is 18.0 Å². The van der Waals surface area contributed by atoms with Crippen LogP contribution in [0, 0.1) is 19.7 Å². The maximum atomic E-state index is 13.2. The van der Waals surface area contributed by atoms with E-state index in [1.165, 1.54) is 12.1 Å². The van der Waals surface area contributed by atoms with E-state index in [0.29, 0.717) is 16.8 Å². The third-order valence-corrected chi connectivity index (χ3v) is 4.72. The third-order valence-electron chi connectivity index (χ3n) is 3.99. The molecule has 2 aromatic heterocycles. The van der Waals surface area contributed by atoms with E-state index in [0.717, 1.165) is 22.5 Å². The Bertz CT molecular complexity index is 952. The van der Waals surface area contributed by atoms with E-state index in [9.17, 15) is 9.18 Å². The molecular formula is C18H17BrFN3O2. The fourth-order valence-electron chi connectivity index (χ4n) is 2.54. The van der Waals surface area contributed by atoms with Gasteiger partial charge in [0.25, 0.3) is 5.56 Å². The Hall–Kier alpha value is -2.41. The van der Waals surface area contributed by atoms with Crippen molar-refractivity contribution >= 4 is 15.9 Å². The van der Waals surface area contributed by atoms with Gasteiger partial charge in [0.15, 0.2) is 0 Å². The summed E-state index contributed by atoms with van der Waals surface area (Å²) >= 11 is 3.33.